The molecule has 0 aromatic heterocycles. The maximum Gasteiger partial charge on any atom is 0.330 e. The number of carbonyl (C=O) groups is 2. The van der Waals surface area contributed by atoms with E-state index in [1.807, 2.05) is 36.4 Å². The van der Waals surface area contributed by atoms with E-state index in [2.05, 4.69) is 37.4 Å². The zero-order chi connectivity index (χ0) is 33.0. The minimum atomic E-state index is -0.862. The normalized spacial score (nSPS) is 12.2. The molecule has 0 aliphatic rings. The van der Waals surface area contributed by atoms with Crippen molar-refractivity contribution < 1.29 is 48.2 Å². The van der Waals surface area contributed by atoms with Crippen LogP contribution >= 0.6 is 0 Å². The quantitative estimate of drug-likeness (QED) is 0.0830. The van der Waals surface area contributed by atoms with E-state index in [-0.39, 0.29) is 26.4 Å². The van der Waals surface area contributed by atoms with Gasteiger partial charge in [0.1, 0.15) is 36.9 Å². The molecule has 0 radical (unpaired) electrons. The van der Waals surface area contributed by atoms with E-state index in [1.54, 1.807) is 0 Å². The Kier molecular flexibility index (Phi) is 16.3. The molecular formula is C36H44O10. The van der Waals surface area contributed by atoms with Gasteiger partial charge in [0, 0.05) is 25.4 Å². The number of aliphatic hydroxyl groups is 2. The van der Waals surface area contributed by atoms with Gasteiger partial charge in [0.2, 0.25) is 0 Å². The van der Waals surface area contributed by atoms with E-state index in [9.17, 15) is 19.8 Å². The van der Waals surface area contributed by atoms with Gasteiger partial charge in [-0.05, 0) is 77.9 Å². The second kappa shape index (κ2) is 20.7. The molecule has 10 nitrogen and oxygen atoms in total. The fourth-order valence-corrected chi connectivity index (χ4v) is 4.24. The van der Waals surface area contributed by atoms with Gasteiger partial charge in [-0.25, -0.2) is 9.59 Å². The number of hydrogen-bond donors (Lipinski definition) is 2. The number of benzene rings is 3. The first-order chi connectivity index (χ1) is 22.4. The Morgan fingerprint density at radius 1 is 0.587 bits per heavy atom. The molecular weight excluding hydrogens is 592 g/mol. The zero-order valence-electron chi connectivity index (χ0n) is 26.1. The van der Waals surface area contributed by atoms with Crippen LogP contribution in [0.5, 0.6) is 11.5 Å². The number of rotatable bonds is 23. The van der Waals surface area contributed by atoms with Crippen molar-refractivity contribution in [3.63, 3.8) is 0 Å². The van der Waals surface area contributed by atoms with E-state index in [0.29, 0.717) is 26.4 Å². The molecule has 3 rings (SSSR count). The largest absolute Gasteiger partial charge is 0.494 e. The highest BCUT2D eigenvalue weighted by Crippen LogP contribution is 2.28. The third kappa shape index (κ3) is 13.8. The Balaban J connectivity index is 1.31. The van der Waals surface area contributed by atoms with Crippen molar-refractivity contribution in [2.45, 2.75) is 37.9 Å². The van der Waals surface area contributed by atoms with E-state index in [4.69, 9.17) is 28.4 Å². The van der Waals surface area contributed by atoms with E-state index >= 15 is 0 Å². The lowest BCUT2D eigenvalue weighted by Gasteiger charge is -2.12. The van der Waals surface area contributed by atoms with Gasteiger partial charge in [0.05, 0.1) is 26.4 Å². The molecule has 2 unspecified atom stereocenters. The first-order valence-corrected chi connectivity index (χ1v) is 15.4. The van der Waals surface area contributed by atoms with Gasteiger partial charge in [-0.2, -0.15) is 0 Å². The SMILES string of the molecule is C=CC(=O)OCC(O)COCCCCOc1ccc(-c2ccc3cc(OCCCCOCC(O)COC(=O)C=C)ccc3c2)cc1. The summed E-state index contributed by atoms with van der Waals surface area (Å²) in [6, 6.07) is 20.4. The van der Waals surface area contributed by atoms with Crippen LogP contribution in [0.4, 0.5) is 0 Å². The number of hydrogen-bond acceptors (Lipinski definition) is 10. The van der Waals surface area contributed by atoms with Crippen molar-refractivity contribution in [3.05, 3.63) is 86.0 Å². The summed E-state index contributed by atoms with van der Waals surface area (Å²) in [7, 11) is 0. The number of esters is 2. The molecule has 248 valence electrons. The van der Waals surface area contributed by atoms with Gasteiger partial charge in [-0.3, -0.25) is 0 Å². The van der Waals surface area contributed by atoms with Crippen molar-refractivity contribution in [3.8, 4) is 22.6 Å². The summed E-state index contributed by atoms with van der Waals surface area (Å²) in [5, 5.41) is 21.7. The van der Waals surface area contributed by atoms with Crippen molar-refractivity contribution in [2.24, 2.45) is 0 Å². The fourth-order valence-electron chi connectivity index (χ4n) is 4.24. The van der Waals surface area contributed by atoms with Crippen LogP contribution in [0.25, 0.3) is 21.9 Å². The molecule has 0 aliphatic heterocycles. The monoisotopic (exact) mass is 636 g/mol. The molecule has 3 aromatic carbocycles. The van der Waals surface area contributed by atoms with Crippen molar-refractivity contribution in [2.75, 3.05) is 52.9 Å². The minimum absolute atomic E-state index is 0.0990. The minimum Gasteiger partial charge on any atom is -0.494 e. The average Bonchev–Trinajstić information content (AvgIpc) is 3.08. The molecule has 0 aliphatic carbocycles. The number of ether oxygens (including phenoxy) is 6. The summed E-state index contributed by atoms with van der Waals surface area (Å²) >= 11 is 0. The molecule has 0 spiro atoms. The Bertz CT molecular complexity index is 1370. The van der Waals surface area contributed by atoms with Gasteiger partial charge in [-0.15, -0.1) is 0 Å². The first kappa shape index (κ1) is 36.3. The lowest BCUT2D eigenvalue weighted by atomic mass is 10.0. The second-order valence-corrected chi connectivity index (χ2v) is 10.5. The van der Waals surface area contributed by atoms with Crippen LogP contribution in [0.2, 0.25) is 0 Å². The summed E-state index contributed by atoms with van der Waals surface area (Å²) in [4.78, 5) is 22.0. The molecule has 0 fully saturated rings. The number of carbonyl (C=O) groups excluding carboxylic acids is 2. The molecule has 0 saturated heterocycles. The van der Waals surface area contributed by atoms with E-state index in [0.717, 1.165) is 71.2 Å². The molecule has 0 amide bonds. The molecule has 0 heterocycles. The summed E-state index contributed by atoms with van der Waals surface area (Å²) < 4.78 is 32.1. The lowest BCUT2D eigenvalue weighted by Crippen LogP contribution is -2.23. The van der Waals surface area contributed by atoms with Crippen molar-refractivity contribution in [1.82, 2.24) is 0 Å². The molecule has 0 bridgehead atoms. The lowest BCUT2D eigenvalue weighted by molar-refractivity contribution is -0.142. The summed E-state index contributed by atoms with van der Waals surface area (Å²) in [6.45, 7) is 8.63. The van der Waals surface area contributed by atoms with Gasteiger partial charge < -0.3 is 38.6 Å². The second-order valence-electron chi connectivity index (χ2n) is 10.5. The number of aliphatic hydroxyl groups excluding tert-OH is 2. The summed E-state index contributed by atoms with van der Waals surface area (Å²) in [5.41, 5.74) is 2.20. The summed E-state index contributed by atoms with van der Waals surface area (Å²) in [5.74, 6) is 0.456. The number of unbranched alkanes of at least 4 members (excludes halogenated alkanes) is 2. The van der Waals surface area contributed by atoms with Crippen LogP contribution in [-0.4, -0.2) is 87.2 Å². The van der Waals surface area contributed by atoms with Crippen LogP contribution in [0.15, 0.2) is 86.0 Å². The van der Waals surface area contributed by atoms with Crippen LogP contribution in [0.1, 0.15) is 25.7 Å². The third-order valence-corrected chi connectivity index (χ3v) is 6.69. The maximum absolute atomic E-state index is 11.0. The predicted octanol–water partition coefficient (Wildman–Crippen LogP) is 5.04. The van der Waals surface area contributed by atoms with Crippen LogP contribution in [-0.2, 0) is 28.5 Å². The summed E-state index contributed by atoms with van der Waals surface area (Å²) in [6.07, 6.45) is 3.54. The standard InChI is InChI=1S/C36H44O10/c1-3-35(39)45-25-31(37)23-41-17-5-7-19-43-33-14-11-27(12-15-33)28-9-10-30-22-34(16-13-29(30)21-28)44-20-8-6-18-42-24-32(38)26-46-36(40)4-2/h3-4,9-16,21-22,31-32,37-38H,1-2,5-8,17-20,23-26H2. The van der Waals surface area contributed by atoms with Crippen LogP contribution < -0.4 is 9.47 Å². The van der Waals surface area contributed by atoms with Gasteiger partial charge in [0.15, 0.2) is 0 Å². The fraction of sp³-hybridized carbons (Fsp3) is 0.389. The maximum atomic E-state index is 11.0. The number of fused-ring (bicyclic) bond motifs is 1. The Morgan fingerprint density at radius 2 is 1.04 bits per heavy atom. The highest BCUT2D eigenvalue weighted by Gasteiger charge is 2.08. The van der Waals surface area contributed by atoms with Gasteiger partial charge in [-0.1, -0.05) is 43.5 Å². The predicted molar refractivity (Wildman–Crippen MR) is 175 cm³/mol. The average molecular weight is 637 g/mol. The zero-order valence-corrected chi connectivity index (χ0v) is 26.1. The topological polar surface area (TPSA) is 130 Å². The third-order valence-electron chi connectivity index (χ3n) is 6.69. The molecule has 46 heavy (non-hydrogen) atoms. The van der Waals surface area contributed by atoms with E-state index < -0.39 is 24.1 Å². The smallest absolute Gasteiger partial charge is 0.330 e. The first-order valence-electron chi connectivity index (χ1n) is 15.4. The van der Waals surface area contributed by atoms with Crippen molar-refractivity contribution >= 4 is 22.7 Å². The molecule has 3 aromatic rings. The Morgan fingerprint density at radius 3 is 1.61 bits per heavy atom. The van der Waals surface area contributed by atoms with Crippen molar-refractivity contribution in [1.29, 1.82) is 0 Å². The molecule has 2 atom stereocenters. The molecule has 10 heteroatoms. The van der Waals surface area contributed by atoms with Gasteiger partial charge >= 0.3 is 11.9 Å². The highest BCUT2D eigenvalue weighted by atomic mass is 16.6. The van der Waals surface area contributed by atoms with Crippen LogP contribution in [0, 0.1) is 0 Å². The Hall–Kier alpha value is -4.22. The van der Waals surface area contributed by atoms with E-state index in [1.165, 1.54) is 0 Å². The van der Waals surface area contributed by atoms with Gasteiger partial charge in [0.25, 0.3) is 0 Å². The molecule has 2 N–H and O–H groups in total. The highest BCUT2D eigenvalue weighted by molar-refractivity contribution is 5.88. The Labute approximate surface area is 270 Å². The van der Waals surface area contributed by atoms with Crippen LogP contribution in [0.3, 0.4) is 0 Å². The molecule has 0 saturated carbocycles.